The molecule has 0 aliphatic heterocycles. The van der Waals surface area contributed by atoms with E-state index in [1.807, 2.05) is 6.92 Å². The Hall–Kier alpha value is -3.32. The minimum absolute atomic E-state index is 0.00819. The van der Waals surface area contributed by atoms with Gasteiger partial charge in [0.1, 0.15) is 5.76 Å². The van der Waals surface area contributed by atoms with Crippen LogP contribution in [0.15, 0.2) is 59.6 Å². The lowest BCUT2D eigenvalue weighted by Gasteiger charge is -2.40. The highest BCUT2D eigenvalue weighted by Gasteiger charge is 2.41. The molecule has 7 nitrogen and oxygen atoms in total. The summed E-state index contributed by atoms with van der Waals surface area (Å²) in [5, 5.41) is 41.0. The van der Waals surface area contributed by atoms with E-state index in [4.69, 9.17) is 14.2 Å². The highest BCUT2D eigenvalue weighted by Crippen LogP contribution is 2.48. The van der Waals surface area contributed by atoms with Crippen LogP contribution in [0.4, 0.5) is 0 Å². The monoisotopic (exact) mass is 442 g/mol. The Morgan fingerprint density at radius 1 is 0.844 bits per heavy atom. The van der Waals surface area contributed by atoms with Crippen LogP contribution in [0.5, 0.6) is 23.0 Å². The van der Waals surface area contributed by atoms with Crippen LogP contribution in [0.25, 0.3) is 0 Å². The Morgan fingerprint density at radius 2 is 1.38 bits per heavy atom. The number of phenols is 2. The third-order valence-corrected chi connectivity index (χ3v) is 6.36. The predicted molar refractivity (Wildman–Crippen MR) is 120 cm³/mol. The van der Waals surface area contributed by atoms with E-state index in [2.05, 4.69) is 0 Å². The minimum Gasteiger partial charge on any atom is -0.508 e. The van der Waals surface area contributed by atoms with Crippen LogP contribution in [0.2, 0.25) is 0 Å². The topological polar surface area (TPSA) is 109 Å². The van der Waals surface area contributed by atoms with Crippen molar-refractivity contribution in [2.45, 2.75) is 25.2 Å². The quantitative estimate of drug-likeness (QED) is 0.486. The van der Waals surface area contributed by atoms with Gasteiger partial charge in [-0.1, -0.05) is 24.6 Å². The summed E-state index contributed by atoms with van der Waals surface area (Å²) in [7, 11) is 4.45. The van der Waals surface area contributed by atoms with E-state index < -0.39 is 11.3 Å². The second-order valence-corrected chi connectivity index (χ2v) is 7.95. The number of benzene rings is 2. The second kappa shape index (κ2) is 9.44. The SMILES string of the molecule is COC1=C(O)CCC([C@@H](CO)C(C)(c2ccc(O)c(OC)c2)c2ccc(O)c(OC)c2)=C1. The molecule has 0 unspecified atom stereocenters. The van der Waals surface area contributed by atoms with Crippen LogP contribution >= 0.6 is 0 Å². The molecule has 0 heterocycles. The molecule has 1 aliphatic rings. The molecule has 0 saturated heterocycles. The largest absolute Gasteiger partial charge is 0.508 e. The van der Waals surface area contributed by atoms with Gasteiger partial charge in [-0.05, 0) is 47.9 Å². The predicted octanol–water partition coefficient (Wildman–Crippen LogP) is 4.17. The molecule has 2 aromatic rings. The molecule has 172 valence electrons. The van der Waals surface area contributed by atoms with Crippen LogP contribution in [0, 0.1) is 5.92 Å². The van der Waals surface area contributed by atoms with Gasteiger partial charge in [0, 0.05) is 17.8 Å². The van der Waals surface area contributed by atoms with Gasteiger partial charge in [0.2, 0.25) is 0 Å². The molecular formula is C25H30O7. The fraction of sp³-hybridized carbons (Fsp3) is 0.360. The first-order valence-electron chi connectivity index (χ1n) is 10.3. The Balaban J connectivity index is 2.27. The smallest absolute Gasteiger partial charge is 0.160 e. The molecule has 32 heavy (non-hydrogen) atoms. The van der Waals surface area contributed by atoms with Crippen molar-refractivity contribution in [2.75, 3.05) is 27.9 Å². The van der Waals surface area contributed by atoms with E-state index in [0.29, 0.717) is 30.1 Å². The van der Waals surface area contributed by atoms with Crippen LogP contribution in [0.3, 0.4) is 0 Å². The average molecular weight is 443 g/mol. The standard InChI is InChI=1S/C25H30O7/c1-25(16-6-9-20(28)23(12-16)31-3,17-7-10-21(29)24(13-17)32-4)18(14-26)15-5-8-19(27)22(11-15)30-2/h6-7,9-13,18,26-29H,5,8,14H2,1-4H3/t18-/m1/s1. The molecule has 1 aliphatic carbocycles. The number of phenolic OH excluding ortho intramolecular Hbond substituents is 2. The first-order chi connectivity index (χ1) is 15.3. The van der Waals surface area contributed by atoms with Gasteiger partial charge in [0.25, 0.3) is 0 Å². The number of methoxy groups -OCH3 is 3. The third-order valence-electron chi connectivity index (χ3n) is 6.36. The molecular weight excluding hydrogens is 412 g/mol. The third kappa shape index (κ3) is 4.08. The van der Waals surface area contributed by atoms with Crippen molar-refractivity contribution in [3.8, 4) is 23.0 Å². The molecule has 0 amide bonds. The van der Waals surface area contributed by atoms with Crippen LogP contribution in [0.1, 0.15) is 30.9 Å². The van der Waals surface area contributed by atoms with Crippen molar-refractivity contribution in [3.05, 3.63) is 70.7 Å². The summed E-state index contributed by atoms with van der Waals surface area (Å²) in [4.78, 5) is 0. The lowest BCUT2D eigenvalue weighted by atomic mass is 9.63. The van der Waals surface area contributed by atoms with E-state index in [9.17, 15) is 20.4 Å². The summed E-state index contributed by atoms with van der Waals surface area (Å²) in [6, 6.07) is 10.2. The van der Waals surface area contributed by atoms with Crippen molar-refractivity contribution < 1.29 is 34.6 Å². The van der Waals surface area contributed by atoms with Gasteiger partial charge in [0.05, 0.1) is 27.9 Å². The van der Waals surface area contributed by atoms with Crippen LogP contribution in [-0.2, 0) is 10.2 Å². The normalized spacial score (nSPS) is 15.2. The highest BCUT2D eigenvalue weighted by molar-refractivity contribution is 5.53. The summed E-state index contributed by atoms with van der Waals surface area (Å²) in [6.07, 6.45) is 2.72. The molecule has 0 aromatic heterocycles. The number of rotatable bonds is 8. The molecule has 4 N–H and O–H groups in total. The number of aliphatic hydroxyl groups is 2. The van der Waals surface area contributed by atoms with Gasteiger partial charge in [-0.15, -0.1) is 0 Å². The van der Waals surface area contributed by atoms with Crippen molar-refractivity contribution in [1.29, 1.82) is 0 Å². The molecule has 2 aromatic carbocycles. The maximum atomic E-state index is 10.6. The maximum Gasteiger partial charge on any atom is 0.160 e. The van der Waals surface area contributed by atoms with E-state index in [0.717, 1.165) is 16.7 Å². The second-order valence-electron chi connectivity index (χ2n) is 7.95. The number of hydrogen-bond acceptors (Lipinski definition) is 7. The summed E-state index contributed by atoms with van der Waals surface area (Å²) in [5.74, 6) is 0.769. The van der Waals surface area contributed by atoms with Gasteiger partial charge in [-0.3, -0.25) is 0 Å². The van der Waals surface area contributed by atoms with Crippen molar-refractivity contribution in [3.63, 3.8) is 0 Å². The zero-order chi connectivity index (χ0) is 23.5. The molecule has 0 fully saturated rings. The lowest BCUT2D eigenvalue weighted by Crippen LogP contribution is -2.37. The van der Waals surface area contributed by atoms with E-state index >= 15 is 0 Å². The molecule has 1 atom stereocenters. The van der Waals surface area contributed by atoms with Crippen molar-refractivity contribution >= 4 is 0 Å². The van der Waals surface area contributed by atoms with Crippen molar-refractivity contribution in [2.24, 2.45) is 5.92 Å². The van der Waals surface area contributed by atoms with E-state index in [-0.39, 0.29) is 23.9 Å². The molecule has 7 heteroatoms. The van der Waals surface area contributed by atoms with Crippen molar-refractivity contribution in [1.82, 2.24) is 0 Å². The maximum absolute atomic E-state index is 10.6. The van der Waals surface area contributed by atoms with E-state index in [1.54, 1.807) is 42.5 Å². The number of aliphatic hydroxyl groups excluding tert-OH is 2. The summed E-state index contributed by atoms with van der Waals surface area (Å²) in [5.41, 5.74) is 1.67. The zero-order valence-corrected chi connectivity index (χ0v) is 18.8. The fourth-order valence-corrected chi connectivity index (χ4v) is 4.40. The van der Waals surface area contributed by atoms with Gasteiger partial charge < -0.3 is 34.6 Å². The van der Waals surface area contributed by atoms with Gasteiger partial charge in [-0.2, -0.15) is 0 Å². The summed E-state index contributed by atoms with van der Waals surface area (Å²) >= 11 is 0. The highest BCUT2D eigenvalue weighted by atomic mass is 16.5. The zero-order valence-electron chi connectivity index (χ0n) is 18.8. The molecule has 3 rings (SSSR count). The number of ether oxygens (including phenoxy) is 3. The van der Waals surface area contributed by atoms with E-state index in [1.165, 1.54) is 21.3 Å². The molecule has 0 spiro atoms. The average Bonchev–Trinajstić information content (AvgIpc) is 2.80. The number of aromatic hydroxyl groups is 2. The molecule has 0 saturated carbocycles. The number of hydrogen-bond donors (Lipinski definition) is 4. The fourth-order valence-electron chi connectivity index (χ4n) is 4.40. The van der Waals surface area contributed by atoms with Crippen LogP contribution in [-0.4, -0.2) is 48.4 Å². The molecule has 0 radical (unpaired) electrons. The van der Waals surface area contributed by atoms with Gasteiger partial charge in [0.15, 0.2) is 28.8 Å². The summed E-state index contributed by atoms with van der Waals surface area (Å²) in [6.45, 7) is 1.80. The number of allylic oxidation sites excluding steroid dienone is 2. The Kier molecular flexibility index (Phi) is 6.89. The first-order valence-corrected chi connectivity index (χ1v) is 10.3. The van der Waals surface area contributed by atoms with Gasteiger partial charge in [-0.25, -0.2) is 0 Å². The first kappa shape index (κ1) is 23.3. The minimum atomic E-state index is -0.811. The Labute approximate surface area is 187 Å². The Morgan fingerprint density at radius 3 is 1.81 bits per heavy atom. The molecule has 0 bridgehead atoms. The lowest BCUT2D eigenvalue weighted by molar-refractivity contribution is 0.193. The Bertz CT molecular complexity index is 985. The van der Waals surface area contributed by atoms with Gasteiger partial charge >= 0.3 is 0 Å². The summed E-state index contributed by atoms with van der Waals surface area (Å²) < 4.78 is 16.0. The van der Waals surface area contributed by atoms with Crippen LogP contribution < -0.4 is 9.47 Å².